The third kappa shape index (κ3) is 4.45. The van der Waals surface area contributed by atoms with Crippen molar-refractivity contribution in [1.29, 1.82) is 0 Å². The van der Waals surface area contributed by atoms with Crippen molar-refractivity contribution >= 4 is 45.2 Å². The van der Waals surface area contributed by atoms with E-state index in [1.807, 2.05) is 59.7 Å². The van der Waals surface area contributed by atoms with Crippen molar-refractivity contribution in [1.82, 2.24) is 19.7 Å². The molecule has 10 heteroatoms. The molecule has 3 aromatic heterocycles. The van der Waals surface area contributed by atoms with Gasteiger partial charge in [-0.15, -0.1) is 16.4 Å². The molecule has 1 amide bonds. The number of nitrogens with one attached hydrogen (secondary N) is 1. The number of anilines is 1. The molecule has 1 N–H and O–H groups in total. The van der Waals surface area contributed by atoms with E-state index in [4.69, 9.17) is 9.40 Å². The molecule has 0 fully saturated rings. The summed E-state index contributed by atoms with van der Waals surface area (Å²) in [6.07, 6.45) is 0. The number of thioether (sulfide) groups is 1. The number of hydrogen-bond donors (Lipinski definition) is 1. The highest BCUT2D eigenvalue weighted by molar-refractivity contribution is 7.99. The summed E-state index contributed by atoms with van der Waals surface area (Å²) in [4.78, 5) is 32.7. The molecule has 0 saturated carbocycles. The standard InChI is InChI=1S/C23H25N5O3S2/c1-11(2)19-26-27-22(31-19)24-17(29)10-32-23-25-20-18(14(5)15(6)33-20)21(30)28(23)16-9-7-8-12(3)13(16)4/h7-9,11H,10H2,1-6H3,(H,24,27,29). The average Bonchev–Trinajstić information content (AvgIpc) is 3.34. The Morgan fingerprint density at radius 1 is 1.18 bits per heavy atom. The molecule has 8 nitrogen and oxygen atoms in total. The van der Waals surface area contributed by atoms with Crippen molar-refractivity contribution in [3.05, 3.63) is 56.0 Å². The zero-order valence-corrected chi connectivity index (χ0v) is 21.0. The maximum absolute atomic E-state index is 13.6. The lowest BCUT2D eigenvalue weighted by atomic mass is 10.1. The van der Waals surface area contributed by atoms with Crippen LogP contribution < -0.4 is 10.9 Å². The van der Waals surface area contributed by atoms with Crippen molar-refractivity contribution in [2.75, 3.05) is 11.1 Å². The van der Waals surface area contributed by atoms with Gasteiger partial charge < -0.3 is 4.42 Å². The Labute approximate surface area is 199 Å². The highest BCUT2D eigenvalue weighted by Crippen LogP contribution is 2.30. The minimum absolute atomic E-state index is 0.0333. The molecular weight excluding hydrogens is 458 g/mol. The second-order valence-electron chi connectivity index (χ2n) is 8.15. The molecule has 3 heterocycles. The first-order valence-electron chi connectivity index (χ1n) is 10.5. The first kappa shape index (κ1) is 23.2. The lowest BCUT2D eigenvalue weighted by Crippen LogP contribution is -2.23. The van der Waals surface area contributed by atoms with Gasteiger partial charge in [0.1, 0.15) is 4.83 Å². The van der Waals surface area contributed by atoms with Gasteiger partial charge in [0.2, 0.25) is 11.8 Å². The highest BCUT2D eigenvalue weighted by Gasteiger charge is 2.20. The van der Waals surface area contributed by atoms with Crippen LogP contribution in [0.15, 0.2) is 32.6 Å². The normalized spacial score (nSPS) is 11.5. The molecule has 0 saturated heterocycles. The quantitative estimate of drug-likeness (QED) is 0.307. The van der Waals surface area contributed by atoms with Crippen molar-refractivity contribution in [3.63, 3.8) is 0 Å². The third-order valence-corrected chi connectivity index (χ3v) is 7.54. The molecule has 0 aliphatic carbocycles. The molecule has 0 aliphatic rings. The SMILES string of the molecule is Cc1cccc(-n2c(SCC(=O)Nc3nnc(C(C)C)o3)nc3sc(C)c(C)c3c2=O)c1C. The molecule has 0 unspecified atom stereocenters. The van der Waals surface area contributed by atoms with Gasteiger partial charge in [0, 0.05) is 10.8 Å². The van der Waals surface area contributed by atoms with Crippen LogP contribution >= 0.6 is 23.1 Å². The fourth-order valence-electron chi connectivity index (χ4n) is 3.37. The summed E-state index contributed by atoms with van der Waals surface area (Å²) in [5.74, 6) is 0.237. The molecular formula is C23H25N5O3S2. The number of carbonyl (C=O) groups is 1. The highest BCUT2D eigenvalue weighted by atomic mass is 32.2. The molecule has 4 aromatic rings. The number of benzene rings is 1. The lowest BCUT2D eigenvalue weighted by Gasteiger charge is -2.15. The summed E-state index contributed by atoms with van der Waals surface area (Å²) in [5.41, 5.74) is 3.64. The topological polar surface area (TPSA) is 103 Å². The average molecular weight is 484 g/mol. The second kappa shape index (κ2) is 9.11. The minimum atomic E-state index is -0.320. The zero-order chi connectivity index (χ0) is 23.9. The van der Waals surface area contributed by atoms with E-state index < -0.39 is 0 Å². The Hall–Kier alpha value is -2.98. The van der Waals surface area contributed by atoms with E-state index >= 15 is 0 Å². The van der Waals surface area contributed by atoms with Crippen LogP contribution in [0.4, 0.5) is 6.01 Å². The van der Waals surface area contributed by atoms with Crippen molar-refractivity contribution in [2.45, 2.75) is 52.6 Å². The summed E-state index contributed by atoms with van der Waals surface area (Å²) in [5, 5.41) is 11.5. The molecule has 0 atom stereocenters. The first-order valence-corrected chi connectivity index (χ1v) is 12.3. The molecule has 0 spiro atoms. The smallest absolute Gasteiger partial charge is 0.322 e. The van der Waals surface area contributed by atoms with Gasteiger partial charge >= 0.3 is 6.01 Å². The number of aromatic nitrogens is 4. The first-order chi connectivity index (χ1) is 15.7. The van der Waals surface area contributed by atoms with Crippen molar-refractivity contribution in [3.8, 4) is 5.69 Å². The Balaban J connectivity index is 1.71. The van der Waals surface area contributed by atoms with Crippen LogP contribution in [0.2, 0.25) is 0 Å². The number of amides is 1. The molecule has 0 bridgehead atoms. The fourth-order valence-corrected chi connectivity index (χ4v) is 5.24. The molecule has 1 aromatic carbocycles. The third-order valence-electron chi connectivity index (χ3n) is 5.50. The zero-order valence-electron chi connectivity index (χ0n) is 19.3. The molecule has 4 rings (SSSR count). The van der Waals surface area contributed by atoms with E-state index in [1.165, 1.54) is 23.1 Å². The number of thiophene rings is 1. The van der Waals surface area contributed by atoms with Gasteiger partial charge in [0.15, 0.2) is 5.16 Å². The monoisotopic (exact) mass is 483 g/mol. The summed E-state index contributed by atoms with van der Waals surface area (Å²) < 4.78 is 7.07. The Morgan fingerprint density at radius 3 is 2.64 bits per heavy atom. The molecule has 172 valence electrons. The van der Waals surface area contributed by atoms with Crippen LogP contribution in [-0.4, -0.2) is 31.4 Å². The van der Waals surface area contributed by atoms with Gasteiger partial charge in [0.05, 0.1) is 16.8 Å². The largest absolute Gasteiger partial charge is 0.408 e. The van der Waals surface area contributed by atoms with E-state index in [-0.39, 0.29) is 29.2 Å². The molecule has 0 radical (unpaired) electrons. The number of nitrogens with zero attached hydrogens (tertiary/aromatic N) is 4. The number of hydrogen-bond acceptors (Lipinski definition) is 8. The lowest BCUT2D eigenvalue weighted by molar-refractivity contribution is -0.113. The van der Waals surface area contributed by atoms with Gasteiger partial charge in [-0.2, -0.15) is 0 Å². The van der Waals surface area contributed by atoms with Crippen LogP contribution in [-0.2, 0) is 4.79 Å². The second-order valence-corrected chi connectivity index (χ2v) is 10.3. The van der Waals surface area contributed by atoms with Crippen LogP contribution in [0.25, 0.3) is 15.9 Å². The molecule has 33 heavy (non-hydrogen) atoms. The van der Waals surface area contributed by atoms with E-state index in [0.29, 0.717) is 21.3 Å². The summed E-state index contributed by atoms with van der Waals surface area (Å²) >= 11 is 2.69. The van der Waals surface area contributed by atoms with E-state index in [9.17, 15) is 9.59 Å². The van der Waals surface area contributed by atoms with Gasteiger partial charge in [-0.3, -0.25) is 19.5 Å². The van der Waals surface area contributed by atoms with E-state index in [2.05, 4.69) is 15.5 Å². The fraction of sp³-hybridized carbons (Fsp3) is 0.348. The maximum atomic E-state index is 13.6. The maximum Gasteiger partial charge on any atom is 0.322 e. The van der Waals surface area contributed by atoms with E-state index in [0.717, 1.165) is 27.3 Å². The number of aryl methyl sites for hydroxylation is 3. The van der Waals surface area contributed by atoms with Gasteiger partial charge in [-0.05, 0) is 50.5 Å². The Morgan fingerprint density at radius 2 is 1.94 bits per heavy atom. The Bertz CT molecular complexity index is 1420. The minimum Gasteiger partial charge on any atom is -0.408 e. The van der Waals surface area contributed by atoms with Gasteiger partial charge in [-0.25, -0.2) is 4.98 Å². The molecule has 0 aliphatic heterocycles. The van der Waals surface area contributed by atoms with Crippen LogP contribution in [0, 0.1) is 27.7 Å². The van der Waals surface area contributed by atoms with Crippen molar-refractivity contribution in [2.24, 2.45) is 0 Å². The van der Waals surface area contributed by atoms with Crippen LogP contribution in [0.3, 0.4) is 0 Å². The predicted octanol–water partition coefficient (Wildman–Crippen LogP) is 4.92. The number of fused-ring (bicyclic) bond motifs is 1. The summed E-state index contributed by atoms with van der Waals surface area (Å²) in [6, 6.07) is 5.89. The Kier molecular flexibility index (Phi) is 6.40. The summed E-state index contributed by atoms with van der Waals surface area (Å²) in [6.45, 7) is 11.8. The van der Waals surface area contributed by atoms with Crippen molar-refractivity contribution < 1.29 is 9.21 Å². The van der Waals surface area contributed by atoms with Crippen LogP contribution in [0.5, 0.6) is 0 Å². The van der Waals surface area contributed by atoms with E-state index in [1.54, 1.807) is 4.57 Å². The number of carbonyl (C=O) groups excluding carboxylic acids is 1. The van der Waals surface area contributed by atoms with Crippen LogP contribution in [0.1, 0.15) is 47.2 Å². The summed E-state index contributed by atoms with van der Waals surface area (Å²) in [7, 11) is 0. The van der Waals surface area contributed by atoms with Gasteiger partial charge in [0.25, 0.3) is 5.56 Å². The van der Waals surface area contributed by atoms with Gasteiger partial charge in [-0.1, -0.05) is 42.8 Å². The number of rotatable bonds is 6. The predicted molar refractivity (Wildman–Crippen MR) is 132 cm³/mol.